The fraction of sp³-hybridized carbons (Fsp3) is 0.500. The van der Waals surface area contributed by atoms with Crippen LogP contribution in [0.3, 0.4) is 0 Å². The molecule has 0 saturated carbocycles. The molecular weight excluding hydrogens is 226 g/mol. The van der Waals surface area contributed by atoms with Gasteiger partial charge in [-0.05, 0) is 56.6 Å². The van der Waals surface area contributed by atoms with E-state index in [9.17, 15) is 4.79 Å². The molecule has 0 spiro atoms. The maximum atomic E-state index is 12.0. The molecule has 0 aliphatic carbocycles. The van der Waals surface area contributed by atoms with Gasteiger partial charge in [0.25, 0.3) is 5.91 Å². The van der Waals surface area contributed by atoms with Gasteiger partial charge in [-0.15, -0.1) is 0 Å². The normalized spacial score (nSPS) is 20.0. The number of nitrogens with one attached hydrogen (secondary N) is 1. The second-order valence-corrected chi connectivity index (χ2v) is 5.20. The van der Waals surface area contributed by atoms with Gasteiger partial charge in [-0.3, -0.25) is 4.79 Å². The Kier molecular flexibility index (Phi) is 3.87. The van der Waals surface area contributed by atoms with Crippen molar-refractivity contribution in [3.05, 3.63) is 29.3 Å². The lowest BCUT2D eigenvalue weighted by Gasteiger charge is -2.13. The van der Waals surface area contributed by atoms with Crippen molar-refractivity contribution in [1.29, 1.82) is 0 Å². The molecule has 1 aromatic carbocycles. The Morgan fingerprint density at radius 3 is 2.94 bits per heavy atom. The molecule has 1 atom stereocenters. The summed E-state index contributed by atoms with van der Waals surface area (Å²) in [6.07, 6.45) is 1.16. The highest BCUT2D eigenvalue weighted by Gasteiger charge is 2.20. The molecule has 1 fully saturated rings. The van der Waals surface area contributed by atoms with Crippen LogP contribution in [0.1, 0.15) is 22.3 Å². The molecule has 1 amide bonds. The van der Waals surface area contributed by atoms with Gasteiger partial charge in [0.05, 0.1) is 0 Å². The summed E-state index contributed by atoms with van der Waals surface area (Å²) in [7, 11) is 2.12. The third kappa shape index (κ3) is 3.01. The molecule has 0 bridgehead atoms. The van der Waals surface area contributed by atoms with E-state index in [1.807, 2.05) is 13.0 Å². The number of amides is 1. The van der Waals surface area contributed by atoms with E-state index in [1.54, 1.807) is 12.1 Å². The predicted molar refractivity (Wildman–Crippen MR) is 73.5 cm³/mol. The number of nitrogens with zero attached hydrogens (tertiary/aromatic N) is 1. The van der Waals surface area contributed by atoms with Crippen molar-refractivity contribution in [3.63, 3.8) is 0 Å². The fourth-order valence-corrected chi connectivity index (χ4v) is 2.47. The zero-order valence-electron chi connectivity index (χ0n) is 11.1. The number of hydrogen-bond acceptors (Lipinski definition) is 3. The summed E-state index contributed by atoms with van der Waals surface area (Å²) >= 11 is 0. The van der Waals surface area contributed by atoms with E-state index in [4.69, 9.17) is 5.73 Å². The van der Waals surface area contributed by atoms with Crippen LogP contribution in [0.15, 0.2) is 18.2 Å². The summed E-state index contributed by atoms with van der Waals surface area (Å²) in [5, 5.41) is 3.02. The van der Waals surface area contributed by atoms with E-state index in [0.29, 0.717) is 11.6 Å². The van der Waals surface area contributed by atoms with E-state index in [0.717, 1.165) is 37.2 Å². The number of anilines is 1. The second kappa shape index (κ2) is 5.40. The fourth-order valence-electron chi connectivity index (χ4n) is 2.47. The van der Waals surface area contributed by atoms with Gasteiger partial charge < -0.3 is 16.0 Å². The van der Waals surface area contributed by atoms with E-state index in [1.165, 1.54) is 0 Å². The molecule has 0 aromatic heterocycles. The largest absolute Gasteiger partial charge is 0.399 e. The first-order chi connectivity index (χ1) is 8.56. The average Bonchev–Trinajstić information content (AvgIpc) is 2.72. The molecule has 1 heterocycles. The Morgan fingerprint density at radius 1 is 1.56 bits per heavy atom. The Bertz CT molecular complexity index is 445. The minimum absolute atomic E-state index is 0.00190. The molecule has 1 aromatic rings. The van der Waals surface area contributed by atoms with Crippen LogP contribution in [-0.4, -0.2) is 37.5 Å². The van der Waals surface area contributed by atoms with E-state index >= 15 is 0 Å². The first-order valence-corrected chi connectivity index (χ1v) is 6.39. The molecule has 2 rings (SSSR count). The summed E-state index contributed by atoms with van der Waals surface area (Å²) in [6.45, 7) is 4.87. The van der Waals surface area contributed by atoms with Crippen LogP contribution in [0.4, 0.5) is 5.69 Å². The first kappa shape index (κ1) is 12.9. The number of likely N-dealkylation sites (tertiary alicyclic amines) is 1. The Morgan fingerprint density at radius 2 is 2.33 bits per heavy atom. The number of benzene rings is 1. The van der Waals surface area contributed by atoms with Crippen LogP contribution < -0.4 is 11.1 Å². The van der Waals surface area contributed by atoms with E-state index in [-0.39, 0.29) is 5.91 Å². The molecule has 98 valence electrons. The van der Waals surface area contributed by atoms with Crippen molar-refractivity contribution in [2.24, 2.45) is 5.92 Å². The first-order valence-electron chi connectivity index (χ1n) is 6.39. The van der Waals surface area contributed by atoms with E-state index in [2.05, 4.69) is 17.3 Å². The van der Waals surface area contributed by atoms with Gasteiger partial charge >= 0.3 is 0 Å². The Hall–Kier alpha value is -1.55. The lowest BCUT2D eigenvalue weighted by atomic mass is 10.1. The van der Waals surface area contributed by atoms with Crippen molar-refractivity contribution in [2.75, 3.05) is 32.4 Å². The van der Waals surface area contributed by atoms with Crippen molar-refractivity contribution in [3.8, 4) is 0 Å². The minimum Gasteiger partial charge on any atom is -0.399 e. The SMILES string of the molecule is Cc1cc(N)ccc1C(=O)NCC1CCN(C)C1. The molecular formula is C14H21N3O. The Labute approximate surface area is 108 Å². The molecule has 4 nitrogen and oxygen atoms in total. The van der Waals surface area contributed by atoms with Gasteiger partial charge in [0.1, 0.15) is 0 Å². The third-order valence-corrected chi connectivity index (χ3v) is 3.54. The van der Waals surface area contributed by atoms with Crippen molar-refractivity contribution in [2.45, 2.75) is 13.3 Å². The molecule has 1 saturated heterocycles. The smallest absolute Gasteiger partial charge is 0.251 e. The monoisotopic (exact) mass is 247 g/mol. The number of nitrogens with two attached hydrogens (primary N) is 1. The molecule has 3 N–H and O–H groups in total. The maximum absolute atomic E-state index is 12.0. The van der Waals surface area contributed by atoms with Crippen LogP contribution in [0.5, 0.6) is 0 Å². The summed E-state index contributed by atoms with van der Waals surface area (Å²) in [4.78, 5) is 14.3. The van der Waals surface area contributed by atoms with Crippen LogP contribution in [0.2, 0.25) is 0 Å². The van der Waals surface area contributed by atoms with Gasteiger partial charge in [0.2, 0.25) is 0 Å². The minimum atomic E-state index is 0.00190. The molecule has 1 aliphatic heterocycles. The lowest BCUT2D eigenvalue weighted by Crippen LogP contribution is -2.30. The van der Waals surface area contributed by atoms with Crippen LogP contribution in [-0.2, 0) is 0 Å². The molecule has 4 heteroatoms. The van der Waals surface area contributed by atoms with Crippen LogP contribution in [0.25, 0.3) is 0 Å². The van der Waals surface area contributed by atoms with Gasteiger partial charge in [-0.25, -0.2) is 0 Å². The van der Waals surface area contributed by atoms with E-state index < -0.39 is 0 Å². The molecule has 0 radical (unpaired) electrons. The number of carbonyl (C=O) groups excluding carboxylic acids is 1. The lowest BCUT2D eigenvalue weighted by molar-refractivity contribution is 0.0947. The standard InChI is InChI=1S/C14H21N3O/c1-10-7-12(15)3-4-13(10)14(18)16-8-11-5-6-17(2)9-11/h3-4,7,11H,5-6,8-9,15H2,1-2H3,(H,16,18). The summed E-state index contributed by atoms with van der Waals surface area (Å²) < 4.78 is 0. The molecule has 1 aliphatic rings. The highest BCUT2D eigenvalue weighted by molar-refractivity contribution is 5.96. The second-order valence-electron chi connectivity index (χ2n) is 5.20. The zero-order chi connectivity index (χ0) is 13.1. The molecule has 1 unspecified atom stereocenters. The van der Waals surface area contributed by atoms with Gasteiger partial charge in [-0.2, -0.15) is 0 Å². The predicted octanol–water partition coefficient (Wildman–Crippen LogP) is 1.26. The topological polar surface area (TPSA) is 58.4 Å². The average molecular weight is 247 g/mol. The molecule has 18 heavy (non-hydrogen) atoms. The van der Waals surface area contributed by atoms with Crippen molar-refractivity contribution >= 4 is 11.6 Å². The highest BCUT2D eigenvalue weighted by Crippen LogP contribution is 2.15. The third-order valence-electron chi connectivity index (χ3n) is 3.54. The number of carbonyl (C=O) groups is 1. The number of hydrogen-bond donors (Lipinski definition) is 2. The quantitative estimate of drug-likeness (QED) is 0.791. The van der Waals surface area contributed by atoms with Crippen molar-refractivity contribution in [1.82, 2.24) is 10.2 Å². The number of rotatable bonds is 3. The van der Waals surface area contributed by atoms with Gasteiger partial charge in [0.15, 0.2) is 0 Å². The van der Waals surface area contributed by atoms with Gasteiger partial charge in [0, 0.05) is 24.3 Å². The Balaban J connectivity index is 1.91. The van der Waals surface area contributed by atoms with Crippen molar-refractivity contribution < 1.29 is 4.79 Å². The maximum Gasteiger partial charge on any atom is 0.251 e. The number of nitrogen functional groups attached to an aromatic ring is 1. The summed E-state index contributed by atoms with van der Waals surface area (Å²) in [5.41, 5.74) is 8.02. The van der Waals surface area contributed by atoms with Crippen LogP contribution in [0, 0.1) is 12.8 Å². The summed E-state index contributed by atoms with van der Waals surface area (Å²) in [6, 6.07) is 5.39. The van der Waals surface area contributed by atoms with Gasteiger partial charge in [-0.1, -0.05) is 0 Å². The highest BCUT2D eigenvalue weighted by atomic mass is 16.1. The zero-order valence-corrected chi connectivity index (χ0v) is 11.1. The summed E-state index contributed by atoms with van der Waals surface area (Å²) in [5.74, 6) is 0.579. The number of aryl methyl sites for hydroxylation is 1. The van der Waals surface area contributed by atoms with Crippen LogP contribution >= 0.6 is 0 Å².